The third-order valence-corrected chi connectivity index (χ3v) is 24.1. The minimum atomic E-state index is -2.64. The van der Waals surface area contributed by atoms with Crippen molar-refractivity contribution in [1.82, 2.24) is 21.3 Å². The van der Waals surface area contributed by atoms with Gasteiger partial charge in [0.15, 0.2) is 69.2 Å². The van der Waals surface area contributed by atoms with Crippen molar-refractivity contribution in [2.24, 2.45) is 0 Å². The van der Waals surface area contributed by atoms with Gasteiger partial charge < -0.3 is 269 Å². The summed E-state index contributed by atoms with van der Waals surface area (Å²) in [5.74, 6) is -3.91. The Bertz CT molecular complexity index is 3570. The van der Waals surface area contributed by atoms with Crippen LogP contribution in [-0.4, -0.2) is 569 Å². The Kier molecular flexibility index (Phi) is 38.3. The third kappa shape index (κ3) is 23.8. The molecule has 11 fully saturated rings. The van der Waals surface area contributed by atoms with Crippen LogP contribution in [0.3, 0.4) is 0 Å². The molecule has 0 radical (unpaired) electrons. The van der Waals surface area contributed by atoms with Crippen LogP contribution in [0.15, 0.2) is 0 Å². The van der Waals surface area contributed by atoms with Crippen molar-refractivity contribution in [1.29, 1.82) is 0 Å². The number of aliphatic hydroxyl groups is 29. The molecule has 0 saturated carbocycles. The van der Waals surface area contributed by atoms with Crippen molar-refractivity contribution < 1.29 is 267 Å². The summed E-state index contributed by atoms with van der Waals surface area (Å²) < 4.78 is 127. The molecule has 54 atom stereocenters. The molecule has 0 unspecified atom stereocenters. The Balaban J connectivity index is 0.983. The molecule has 33 N–H and O–H groups in total. The first-order valence-electron chi connectivity index (χ1n) is 41.9. The van der Waals surface area contributed by atoms with Crippen LogP contribution in [0.25, 0.3) is 0 Å². The molecule has 11 aliphatic rings. The number of hydrogen-bond acceptors (Lipinski definition) is 54. The lowest BCUT2D eigenvalue weighted by Crippen LogP contribution is -2.71. The Morgan fingerprint density at radius 2 is 0.534 bits per heavy atom. The molecule has 0 aromatic heterocycles. The maximum Gasteiger partial charge on any atom is 0.217 e. The molecule has 11 aliphatic heterocycles. The molecule has 11 rings (SSSR count). The predicted octanol–water partition coefficient (Wildman–Crippen LogP) is -22.7. The lowest BCUT2D eigenvalue weighted by molar-refractivity contribution is -0.412. The largest absolute Gasteiger partial charge is 0.394 e. The molecule has 0 spiro atoms. The summed E-state index contributed by atoms with van der Waals surface area (Å²) in [4.78, 5) is 52.3. The number of hydrogen-bond donors (Lipinski definition) is 33. The molecule has 0 aromatic rings. The summed E-state index contributed by atoms with van der Waals surface area (Å²) in [5.41, 5.74) is 0. The normalized spacial score (nSPS) is 50.1. The van der Waals surface area contributed by atoms with Crippen LogP contribution in [0.4, 0.5) is 0 Å². The van der Waals surface area contributed by atoms with Gasteiger partial charge in [0, 0.05) is 27.7 Å². The van der Waals surface area contributed by atoms with Crippen molar-refractivity contribution in [2.75, 3.05) is 66.1 Å². The van der Waals surface area contributed by atoms with Gasteiger partial charge in [0.1, 0.15) is 256 Å². The first kappa shape index (κ1) is 107. The van der Waals surface area contributed by atoms with Crippen molar-refractivity contribution in [3.63, 3.8) is 0 Å². The second-order valence-electron chi connectivity index (χ2n) is 33.4. The Hall–Kier alpha value is -4.12. The summed E-state index contributed by atoms with van der Waals surface area (Å²) in [6.07, 6.45) is -107. The molecule has 758 valence electrons. The van der Waals surface area contributed by atoms with Gasteiger partial charge >= 0.3 is 0 Å². The summed E-state index contributed by atoms with van der Waals surface area (Å²) in [7, 11) is 0. The average Bonchev–Trinajstić information content (AvgIpc) is 1.35. The van der Waals surface area contributed by atoms with E-state index < -0.39 is 421 Å². The van der Waals surface area contributed by atoms with E-state index >= 15 is 0 Å². The monoisotopic (exact) mass is 1920 g/mol. The van der Waals surface area contributed by atoms with Crippen molar-refractivity contribution in [2.45, 2.75) is 366 Å². The Labute approximate surface area is 741 Å². The zero-order valence-corrected chi connectivity index (χ0v) is 70.4. The van der Waals surface area contributed by atoms with E-state index in [9.17, 15) is 167 Å². The summed E-state index contributed by atoms with van der Waals surface area (Å²) in [5, 5.41) is 335. The van der Waals surface area contributed by atoms with E-state index in [1.165, 1.54) is 6.92 Å². The number of carbonyl (C=O) groups is 4. The van der Waals surface area contributed by atoms with E-state index in [1.807, 2.05) is 0 Å². The number of aliphatic hydroxyl groups excluding tert-OH is 29. The highest BCUT2D eigenvalue weighted by Crippen LogP contribution is 2.42. The zero-order chi connectivity index (χ0) is 96.2. The molecule has 58 heteroatoms. The molecule has 0 aromatic carbocycles. The maximum absolute atomic E-state index is 13.5. The van der Waals surface area contributed by atoms with E-state index in [-0.39, 0.29) is 0 Å². The fraction of sp³-hybridized carbons (Fsp3) is 0.945. The van der Waals surface area contributed by atoms with Crippen LogP contribution in [-0.2, 0) is 119 Å². The highest BCUT2D eigenvalue weighted by molar-refractivity contribution is 5.74. The Morgan fingerprint density at radius 3 is 0.962 bits per heavy atom. The van der Waals surface area contributed by atoms with Crippen LogP contribution < -0.4 is 21.3 Å². The minimum absolute atomic E-state index is 0.875. The SMILES string of the molecule is CC(=O)N[C@@H]1[C@@H](O)[C@H](O[C@@H]2O[C@H](CO)[C@@H](O[C@@H]3O[C@H](CO[C@H]4O[C@H](CO)[C@@H](O)[C@H](O)[C@@H]4O[C@@H]4O[C@H](CO)[C@@H](O[C@@H]5O[C@H](CO)[C@H](O)[C@H](O)[C@H]5O)[C@H](O)[C@H]4NC(C)=O)[C@@H](O)[C@H](O[C@H]4O[C@H](CO)[C@@H](O)[C@H](O)[C@@H]4O[C@@H]4O[C@H](CO)[C@@H](O[C@@H]5O[C@H](CO)[C@H](O)[C@H](O)[C@H]5O)[C@H](O)[C@H]4NC(C)=O)[C@@H]3O[C@@H]3OC[C@@H](O)[C@H](O)[C@H]3O)[C@H](O)[C@H]2NC(C)=O)[C@@H](CO[C@@H]2O[C@@H](C)[C@@H](O)[C@@H](O)[C@@H]2O)O[C@@H]1O. The van der Waals surface area contributed by atoms with E-state index in [2.05, 4.69) is 21.3 Å². The lowest BCUT2D eigenvalue weighted by atomic mass is 9.93. The average molecular weight is 1920 g/mol. The summed E-state index contributed by atoms with van der Waals surface area (Å²) in [6.45, 7) is -6.31. The molecule has 58 nitrogen and oxygen atoms in total. The molecule has 0 bridgehead atoms. The number of rotatable bonds is 33. The lowest BCUT2D eigenvalue weighted by Gasteiger charge is -2.52. The second-order valence-corrected chi connectivity index (χ2v) is 33.4. The van der Waals surface area contributed by atoms with E-state index in [4.69, 9.17) is 99.5 Å². The van der Waals surface area contributed by atoms with Gasteiger partial charge in [-0.25, -0.2) is 0 Å². The highest BCUT2D eigenvalue weighted by Gasteiger charge is 2.63. The van der Waals surface area contributed by atoms with Gasteiger partial charge in [0.2, 0.25) is 23.6 Å². The summed E-state index contributed by atoms with van der Waals surface area (Å²) >= 11 is 0. The van der Waals surface area contributed by atoms with Crippen LogP contribution in [0.1, 0.15) is 34.6 Å². The van der Waals surface area contributed by atoms with Crippen LogP contribution in [0.5, 0.6) is 0 Å². The van der Waals surface area contributed by atoms with Gasteiger partial charge in [-0.1, -0.05) is 0 Å². The quantitative estimate of drug-likeness (QED) is 0.0290. The van der Waals surface area contributed by atoms with Gasteiger partial charge in [0.25, 0.3) is 0 Å². The van der Waals surface area contributed by atoms with Crippen LogP contribution in [0.2, 0.25) is 0 Å². The molecule has 11 heterocycles. The van der Waals surface area contributed by atoms with Crippen molar-refractivity contribution in [3.05, 3.63) is 0 Å². The van der Waals surface area contributed by atoms with Crippen molar-refractivity contribution >= 4 is 23.6 Å². The van der Waals surface area contributed by atoms with E-state index in [0.29, 0.717) is 0 Å². The van der Waals surface area contributed by atoms with Gasteiger partial charge in [-0.2, -0.15) is 0 Å². The molecular formula is C73H122N4O54. The van der Waals surface area contributed by atoms with Gasteiger partial charge in [-0.3, -0.25) is 19.2 Å². The van der Waals surface area contributed by atoms with Gasteiger partial charge in [-0.15, -0.1) is 0 Å². The fourth-order valence-electron chi connectivity index (χ4n) is 17.0. The van der Waals surface area contributed by atoms with Gasteiger partial charge in [0.05, 0.1) is 72.2 Å². The molecule has 4 amide bonds. The molecule has 131 heavy (non-hydrogen) atoms. The van der Waals surface area contributed by atoms with Gasteiger partial charge in [-0.05, 0) is 6.92 Å². The smallest absolute Gasteiger partial charge is 0.217 e. The first-order valence-corrected chi connectivity index (χ1v) is 41.9. The number of ether oxygens (including phenoxy) is 21. The number of nitrogens with one attached hydrogen (secondary N) is 4. The number of amides is 4. The molecular weight excluding hydrogens is 1800 g/mol. The Morgan fingerprint density at radius 1 is 0.244 bits per heavy atom. The summed E-state index contributed by atoms with van der Waals surface area (Å²) in [6, 6.07) is -7.95. The maximum atomic E-state index is 13.5. The standard InChI is InChI=1S/C73H122N4O54/c1-16-35(90)46(101)52(107)67(114-16)112-15-30-58(42(97)31(63(110)115-30)74-17(2)85)124-64-32(75-18(3)86)45(100)57(28(12-84)120-64)127-73-62(131-68-51(106)36(91)21(89)13-111-68)59(128-72-61(50(105)40(95)25(9-81)119-72)130-66-34(77-20(5)88)44(99)56(27(11-83)122-66)126-70-54(109)48(103)38(93)23(7-79)117-70)41(96)29(123-73)14-113-71-60(49(104)39(94)24(8-80)118-71)129-65-33(76-19(4)87)43(98)55(26(10-82)121-65)125-69-53(108)47(102)37(92)22(6-78)116-69/h16,21-73,78-84,89-110H,6-15H2,1-5H3,(H,74,85)(H,75,86)(H,76,87)(H,77,88)/t16-,21+,22+,23+,24+,25+,26+,27+,28+,29+,30+,31+,32+,33+,34+,35+,36-,37-,38-,39+,40+,41+,42+,43+,44+,45+,46+,47-,48-,49-,50-,51+,52-,53+,54+,55+,56+,57+,58+,59-,60-,61-,62-,63-,64-,65-,66-,67+,68-,69-,70-,71-,72+,73-/m0/s1. The van der Waals surface area contributed by atoms with Crippen molar-refractivity contribution in [3.8, 4) is 0 Å². The zero-order valence-electron chi connectivity index (χ0n) is 70.4. The number of carbonyl (C=O) groups excluding carboxylic acids is 4. The highest BCUT2D eigenvalue weighted by atomic mass is 16.8. The van der Waals surface area contributed by atoms with Crippen LogP contribution in [0, 0.1) is 0 Å². The fourth-order valence-corrected chi connectivity index (χ4v) is 17.0. The van der Waals surface area contributed by atoms with Crippen LogP contribution >= 0.6 is 0 Å². The second kappa shape index (κ2) is 46.8. The minimum Gasteiger partial charge on any atom is -0.394 e. The van der Waals surface area contributed by atoms with E-state index in [1.54, 1.807) is 0 Å². The molecule has 11 saturated heterocycles. The molecule has 0 aliphatic carbocycles. The first-order chi connectivity index (χ1) is 62.0. The topological polar surface area (TPSA) is 897 Å². The third-order valence-electron chi connectivity index (χ3n) is 24.1. The predicted molar refractivity (Wildman–Crippen MR) is 401 cm³/mol. The van der Waals surface area contributed by atoms with E-state index in [0.717, 1.165) is 27.7 Å².